The van der Waals surface area contributed by atoms with Crippen molar-refractivity contribution in [1.82, 2.24) is 14.9 Å². The molecule has 0 unspecified atom stereocenters. The van der Waals surface area contributed by atoms with E-state index in [9.17, 15) is 0 Å². The number of thiophene rings is 1. The average molecular weight is 337 g/mol. The van der Waals surface area contributed by atoms with Crippen molar-refractivity contribution in [3.8, 4) is 0 Å². The Kier molecular flexibility index (Phi) is 5.60. The fraction of sp³-hybridized carbons (Fsp3) is 0.647. The van der Waals surface area contributed by atoms with Crippen LogP contribution in [0.3, 0.4) is 0 Å². The van der Waals surface area contributed by atoms with Gasteiger partial charge in [0.15, 0.2) is 0 Å². The Labute approximate surface area is 142 Å². The molecule has 5 nitrogen and oxygen atoms in total. The second kappa shape index (κ2) is 7.11. The zero-order valence-electron chi connectivity index (χ0n) is 14.8. The third-order valence-corrected chi connectivity index (χ3v) is 4.90. The van der Waals surface area contributed by atoms with Crippen LogP contribution in [-0.4, -0.2) is 39.7 Å². The Balaban J connectivity index is 2.26. The molecular formula is C17H28N4OS. The molecule has 2 aromatic heterocycles. The monoisotopic (exact) mass is 336 g/mol. The molecule has 0 saturated heterocycles. The lowest BCUT2D eigenvalue weighted by molar-refractivity contribution is 0.163. The minimum atomic E-state index is 0.182. The number of nitrogens with two attached hydrogens (primary N) is 1. The number of aliphatic hydroxyl groups excluding tert-OH is 1. The van der Waals surface area contributed by atoms with Crippen LogP contribution in [0.15, 0.2) is 0 Å². The van der Waals surface area contributed by atoms with Crippen LogP contribution in [0.2, 0.25) is 0 Å². The van der Waals surface area contributed by atoms with Gasteiger partial charge in [-0.15, -0.1) is 11.3 Å². The van der Waals surface area contributed by atoms with Crippen LogP contribution in [0.1, 0.15) is 43.5 Å². The van der Waals surface area contributed by atoms with Crippen LogP contribution in [0.25, 0.3) is 10.2 Å². The summed E-state index contributed by atoms with van der Waals surface area (Å²) in [6, 6.07) is 0. The number of anilines is 1. The Morgan fingerprint density at radius 3 is 2.52 bits per heavy atom. The highest BCUT2D eigenvalue weighted by molar-refractivity contribution is 7.18. The predicted molar refractivity (Wildman–Crippen MR) is 97.7 cm³/mol. The quantitative estimate of drug-likeness (QED) is 0.848. The molecule has 0 amide bonds. The fourth-order valence-corrected chi connectivity index (χ4v) is 3.83. The van der Waals surface area contributed by atoms with Crippen molar-refractivity contribution in [3.63, 3.8) is 0 Å². The normalized spacial score (nSPS) is 12.5. The predicted octanol–water partition coefficient (Wildman–Crippen LogP) is 3.12. The lowest BCUT2D eigenvalue weighted by Crippen LogP contribution is -2.34. The second-order valence-corrected chi connectivity index (χ2v) is 8.54. The topological polar surface area (TPSA) is 75.3 Å². The zero-order valence-corrected chi connectivity index (χ0v) is 15.6. The Hall–Kier alpha value is -1.24. The van der Waals surface area contributed by atoms with Gasteiger partial charge < -0.3 is 10.8 Å². The molecule has 0 aliphatic rings. The molecule has 0 aliphatic carbocycles. The van der Waals surface area contributed by atoms with E-state index in [1.807, 2.05) is 0 Å². The van der Waals surface area contributed by atoms with Crippen LogP contribution in [0.4, 0.5) is 5.82 Å². The van der Waals surface area contributed by atoms with E-state index in [1.165, 1.54) is 10.4 Å². The molecule has 0 radical (unpaired) electrons. The highest BCUT2D eigenvalue weighted by Gasteiger charge is 2.19. The van der Waals surface area contributed by atoms with E-state index >= 15 is 0 Å². The molecule has 0 fully saturated rings. The number of aryl methyl sites for hydroxylation is 2. The van der Waals surface area contributed by atoms with Gasteiger partial charge >= 0.3 is 0 Å². The van der Waals surface area contributed by atoms with Gasteiger partial charge in [0.1, 0.15) is 16.5 Å². The summed E-state index contributed by atoms with van der Waals surface area (Å²) in [4.78, 5) is 13.8. The van der Waals surface area contributed by atoms with E-state index in [0.29, 0.717) is 12.4 Å². The first-order chi connectivity index (χ1) is 10.7. The maximum absolute atomic E-state index is 9.12. The molecule has 0 saturated carbocycles. The average Bonchev–Trinajstić information content (AvgIpc) is 2.70. The zero-order chi connectivity index (χ0) is 17.2. The van der Waals surface area contributed by atoms with Crippen LogP contribution >= 0.6 is 11.3 Å². The van der Waals surface area contributed by atoms with Crippen LogP contribution in [0.5, 0.6) is 0 Å². The summed E-state index contributed by atoms with van der Waals surface area (Å²) in [5, 5.41) is 10.1. The Bertz CT molecular complexity index is 675. The van der Waals surface area contributed by atoms with Crippen molar-refractivity contribution >= 4 is 27.4 Å². The number of fused-ring (bicyclic) bond motifs is 1. The van der Waals surface area contributed by atoms with Gasteiger partial charge in [0, 0.05) is 24.6 Å². The largest absolute Gasteiger partial charge is 0.396 e. The molecular weight excluding hydrogens is 308 g/mol. The third-order valence-electron chi connectivity index (χ3n) is 3.80. The molecule has 0 bridgehead atoms. The van der Waals surface area contributed by atoms with Crippen molar-refractivity contribution in [2.24, 2.45) is 5.41 Å². The standard InChI is InChI=1S/C17H28N4OS/c1-11-12(2)23-16-14(11)15(18)19-13(20-16)9-21(7-6-8-22)10-17(3,4)5/h22H,6-10H2,1-5H3,(H2,18,19,20). The van der Waals surface area contributed by atoms with E-state index in [4.69, 9.17) is 15.8 Å². The van der Waals surface area contributed by atoms with Crippen molar-refractivity contribution in [2.45, 2.75) is 47.6 Å². The number of nitrogens with zero attached hydrogens (tertiary/aromatic N) is 3. The maximum Gasteiger partial charge on any atom is 0.146 e. The molecule has 2 heterocycles. The van der Waals surface area contributed by atoms with Crippen LogP contribution in [-0.2, 0) is 6.54 Å². The smallest absolute Gasteiger partial charge is 0.146 e. The maximum atomic E-state index is 9.12. The molecule has 0 spiro atoms. The fourth-order valence-electron chi connectivity index (χ4n) is 2.78. The molecule has 0 aliphatic heterocycles. The summed E-state index contributed by atoms with van der Waals surface area (Å²) in [6.07, 6.45) is 0.755. The highest BCUT2D eigenvalue weighted by Crippen LogP contribution is 2.32. The first-order valence-corrected chi connectivity index (χ1v) is 8.88. The van der Waals surface area contributed by atoms with Crippen LogP contribution < -0.4 is 5.73 Å². The second-order valence-electron chi connectivity index (χ2n) is 7.34. The number of hydrogen-bond donors (Lipinski definition) is 2. The first kappa shape index (κ1) is 18.1. The van der Waals surface area contributed by atoms with Crippen molar-refractivity contribution in [2.75, 3.05) is 25.4 Å². The van der Waals surface area contributed by atoms with E-state index in [0.717, 1.165) is 35.6 Å². The van der Waals surface area contributed by atoms with Gasteiger partial charge in [0.2, 0.25) is 0 Å². The van der Waals surface area contributed by atoms with Crippen molar-refractivity contribution in [1.29, 1.82) is 0 Å². The SMILES string of the molecule is Cc1sc2nc(CN(CCCO)CC(C)(C)C)nc(N)c2c1C. The van der Waals surface area contributed by atoms with Gasteiger partial charge in [0.05, 0.1) is 11.9 Å². The van der Waals surface area contributed by atoms with Crippen molar-refractivity contribution < 1.29 is 5.11 Å². The first-order valence-electron chi connectivity index (χ1n) is 8.06. The summed E-state index contributed by atoms with van der Waals surface area (Å²) < 4.78 is 0. The number of hydrogen-bond acceptors (Lipinski definition) is 6. The van der Waals surface area contributed by atoms with E-state index in [2.05, 4.69) is 44.5 Å². The Morgan fingerprint density at radius 2 is 1.91 bits per heavy atom. The molecule has 128 valence electrons. The highest BCUT2D eigenvalue weighted by atomic mass is 32.1. The summed E-state index contributed by atoms with van der Waals surface area (Å²) in [5.74, 6) is 1.34. The van der Waals surface area contributed by atoms with Gasteiger partial charge in [-0.1, -0.05) is 20.8 Å². The number of aliphatic hydroxyl groups is 1. The van der Waals surface area contributed by atoms with Gasteiger partial charge in [0.25, 0.3) is 0 Å². The molecule has 0 aromatic carbocycles. The molecule has 0 atom stereocenters. The van der Waals surface area contributed by atoms with Gasteiger partial charge in [-0.05, 0) is 31.2 Å². The third kappa shape index (κ3) is 4.62. The van der Waals surface area contributed by atoms with E-state index in [1.54, 1.807) is 11.3 Å². The lowest BCUT2D eigenvalue weighted by atomic mass is 9.96. The number of nitrogen functional groups attached to an aromatic ring is 1. The molecule has 2 aromatic rings. The molecule has 6 heteroatoms. The summed E-state index contributed by atoms with van der Waals surface area (Å²) in [7, 11) is 0. The van der Waals surface area contributed by atoms with Crippen LogP contribution in [0, 0.1) is 19.3 Å². The van der Waals surface area contributed by atoms with Gasteiger partial charge in [-0.25, -0.2) is 9.97 Å². The minimum Gasteiger partial charge on any atom is -0.396 e. The molecule has 2 rings (SSSR count). The van der Waals surface area contributed by atoms with E-state index < -0.39 is 0 Å². The molecule has 23 heavy (non-hydrogen) atoms. The van der Waals surface area contributed by atoms with Gasteiger partial charge in [-0.2, -0.15) is 0 Å². The molecule has 3 N–H and O–H groups in total. The summed E-state index contributed by atoms with van der Waals surface area (Å²) >= 11 is 1.68. The van der Waals surface area contributed by atoms with E-state index in [-0.39, 0.29) is 12.0 Å². The summed E-state index contributed by atoms with van der Waals surface area (Å²) in [5.41, 5.74) is 7.53. The minimum absolute atomic E-state index is 0.182. The summed E-state index contributed by atoms with van der Waals surface area (Å²) in [6.45, 7) is 13.4. The van der Waals surface area contributed by atoms with Gasteiger partial charge in [-0.3, -0.25) is 4.90 Å². The van der Waals surface area contributed by atoms with Crippen molar-refractivity contribution in [3.05, 3.63) is 16.3 Å². The lowest BCUT2D eigenvalue weighted by Gasteiger charge is -2.29. The number of aromatic nitrogens is 2. The number of rotatable bonds is 6. The Morgan fingerprint density at radius 1 is 1.22 bits per heavy atom.